The molecule has 0 spiro atoms. The van der Waals surface area contributed by atoms with Crippen LogP contribution in [-0.4, -0.2) is 16.0 Å². The smallest absolute Gasteiger partial charge is 0.257 e. The van der Waals surface area contributed by atoms with Crippen molar-refractivity contribution >= 4 is 5.91 Å². The van der Waals surface area contributed by atoms with Crippen molar-refractivity contribution in [1.82, 2.24) is 15.5 Å². The second-order valence-electron chi connectivity index (χ2n) is 5.26. The number of nitrogens with zero attached hydrogens (tertiary/aromatic N) is 3. The number of hydrogen-bond acceptors (Lipinski definition) is 5. The van der Waals surface area contributed by atoms with E-state index in [4.69, 9.17) is 9.78 Å². The third-order valence-electron chi connectivity index (χ3n) is 3.43. The molecule has 0 aliphatic rings. The fraction of sp³-hybridized carbons (Fsp3) is 0.111. The number of nitrogens with one attached hydrogen (secondary N) is 1. The summed E-state index contributed by atoms with van der Waals surface area (Å²) in [5, 5.41) is 15.4. The van der Waals surface area contributed by atoms with Crippen molar-refractivity contribution in [2.45, 2.75) is 13.5 Å². The van der Waals surface area contributed by atoms with E-state index in [2.05, 4.69) is 15.5 Å². The van der Waals surface area contributed by atoms with Crippen LogP contribution in [-0.2, 0) is 6.54 Å². The van der Waals surface area contributed by atoms with Gasteiger partial charge in [0.15, 0.2) is 5.82 Å². The van der Waals surface area contributed by atoms with Crippen molar-refractivity contribution in [2.75, 3.05) is 0 Å². The van der Waals surface area contributed by atoms with E-state index in [0.717, 1.165) is 11.1 Å². The van der Waals surface area contributed by atoms with Gasteiger partial charge in [-0.15, -0.1) is 0 Å². The number of carbonyl (C=O) groups excluding carboxylic acids is 1. The Bertz CT molecular complexity index is 907. The van der Waals surface area contributed by atoms with Crippen LogP contribution in [0.1, 0.15) is 27.3 Å². The van der Waals surface area contributed by atoms with E-state index in [9.17, 15) is 4.79 Å². The second-order valence-corrected chi connectivity index (χ2v) is 5.26. The van der Waals surface area contributed by atoms with Gasteiger partial charge in [0.05, 0.1) is 18.2 Å². The minimum Gasteiger partial charge on any atom is -0.345 e. The van der Waals surface area contributed by atoms with Crippen LogP contribution < -0.4 is 5.32 Å². The van der Waals surface area contributed by atoms with Crippen LogP contribution in [0.25, 0.3) is 11.5 Å². The van der Waals surface area contributed by atoms with Crippen LogP contribution in [0.5, 0.6) is 0 Å². The molecule has 0 saturated carbocycles. The maximum atomic E-state index is 12.1. The molecule has 1 amide bonds. The number of amides is 1. The zero-order valence-corrected chi connectivity index (χ0v) is 13.0. The first-order valence-electron chi connectivity index (χ1n) is 7.34. The lowest BCUT2D eigenvalue weighted by Crippen LogP contribution is -2.23. The standard InChI is InChI=1S/C18H14N4O2/c1-12-5-7-14(8-6-12)18-21-16(22-24-18)11-20-17(23)15-4-2-3-13(9-15)10-19/h2-9H,11H2,1H3,(H,20,23). The Morgan fingerprint density at radius 1 is 1.25 bits per heavy atom. The summed E-state index contributed by atoms with van der Waals surface area (Å²) in [6.45, 7) is 2.14. The molecule has 0 aliphatic carbocycles. The Morgan fingerprint density at radius 2 is 2.04 bits per heavy atom. The van der Waals surface area contributed by atoms with E-state index in [1.54, 1.807) is 18.2 Å². The number of nitriles is 1. The van der Waals surface area contributed by atoms with Crippen LogP contribution in [0.2, 0.25) is 0 Å². The molecule has 2 aromatic carbocycles. The molecule has 0 saturated heterocycles. The summed E-state index contributed by atoms with van der Waals surface area (Å²) in [5.41, 5.74) is 2.82. The Labute approximate surface area is 138 Å². The summed E-state index contributed by atoms with van der Waals surface area (Å²) in [4.78, 5) is 16.4. The van der Waals surface area contributed by atoms with Crippen molar-refractivity contribution in [2.24, 2.45) is 0 Å². The molecule has 0 unspecified atom stereocenters. The lowest BCUT2D eigenvalue weighted by molar-refractivity contribution is 0.0949. The molecule has 6 heteroatoms. The van der Waals surface area contributed by atoms with Gasteiger partial charge in [0.25, 0.3) is 11.8 Å². The summed E-state index contributed by atoms with van der Waals surface area (Å²) < 4.78 is 5.21. The Balaban J connectivity index is 1.66. The molecule has 1 N–H and O–H groups in total. The molecule has 6 nitrogen and oxygen atoms in total. The fourth-order valence-corrected chi connectivity index (χ4v) is 2.13. The quantitative estimate of drug-likeness (QED) is 0.798. The van der Waals surface area contributed by atoms with Gasteiger partial charge in [0.2, 0.25) is 0 Å². The lowest BCUT2D eigenvalue weighted by atomic mass is 10.1. The van der Waals surface area contributed by atoms with E-state index in [-0.39, 0.29) is 12.5 Å². The molecule has 0 fully saturated rings. The Hall–Kier alpha value is -3.46. The average molecular weight is 318 g/mol. The van der Waals surface area contributed by atoms with E-state index < -0.39 is 0 Å². The highest BCUT2D eigenvalue weighted by Crippen LogP contribution is 2.17. The van der Waals surface area contributed by atoms with E-state index in [1.807, 2.05) is 37.3 Å². The number of hydrogen-bond donors (Lipinski definition) is 1. The summed E-state index contributed by atoms with van der Waals surface area (Å²) in [7, 11) is 0. The molecule has 0 bridgehead atoms. The topological polar surface area (TPSA) is 91.8 Å². The Kier molecular flexibility index (Phi) is 4.34. The van der Waals surface area contributed by atoms with Crippen LogP contribution in [0.15, 0.2) is 53.1 Å². The summed E-state index contributed by atoms with van der Waals surface area (Å²) in [6, 6.07) is 16.2. The van der Waals surface area contributed by atoms with Crippen molar-refractivity contribution in [3.05, 3.63) is 71.0 Å². The first kappa shape index (κ1) is 15.4. The van der Waals surface area contributed by atoms with Gasteiger partial charge in [0, 0.05) is 11.1 Å². The predicted molar refractivity (Wildman–Crippen MR) is 86.8 cm³/mol. The molecule has 3 rings (SSSR count). The maximum Gasteiger partial charge on any atom is 0.257 e. The minimum atomic E-state index is -0.297. The number of benzene rings is 2. The van der Waals surface area contributed by atoms with E-state index in [0.29, 0.717) is 22.8 Å². The SMILES string of the molecule is Cc1ccc(-c2nc(CNC(=O)c3cccc(C#N)c3)no2)cc1. The summed E-state index contributed by atoms with van der Waals surface area (Å²) in [5.74, 6) is 0.495. The second kappa shape index (κ2) is 6.75. The van der Waals surface area contributed by atoms with Crippen molar-refractivity contribution in [3.63, 3.8) is 0 Å². The molecule has 118 valence electrons. The zero-order chi connectivity index (χ0) is 16.9. The number of aromatic nitrogens is 2. The van der Waals surface area contributed by atoms with Gasteiger partial charge in [-0.3, -0.25) is 4.79 Å². The van der Waals surface area contributed by atoms with Crippen LogP contribution in [0.4, 0.5) is 0 Å². The number of rotatable bonds is 4. The molecule has 1 aromatic heterocycles. The van der Waals surface area contributed by atoms with Crippen LogP contribution >= 0.6 is 0 Å². The third kappa shape index (κ3) is 3.47. The fourth-order valence-electron chi connectivity index (χ4n) is 2.13. The Morgan fingerprint density at radius 3 is 2.79 bits per heavy atom. The van der Waals surface area contributed by atoms with Crippen LogP contribution in [0, 0.1) is 18.3 Å². The molecule has 0 aliphatic heterocycles. The van der Waals surface area contributed by atoms with Gasteiger partial charge in [-0.2, -0.15) is 10.2 Å². The van der Waals surface area contributed by atoms with Crippen molar-refractivity contribution < 1.29 is 9.32 Å². The summed E-state index contributed by atoms with van der Waals surface area (Å²) >= 11 is 0. The minimum absolute atomic E-state index is 0.144. The van der Waals surface area contributed by atoms with Crippen molar-refractivity contribution in [3.8, 4) is 17.5 Å². The van der Waals surface area contributed by atoms with Crippen LogP contribution in [0.3, 0.4) is 0 Å². The number of carbonyl (C=O) groups is 1. The average Bonchev–Trinajstić information content (AvgIpc) is 3.09. The molecule has 1 heterocycles. The first-order chi connectivity index (χ1) is 11.7. The largest absolute Gasteiger partial charge is 0.345 e. The molecule has 0 atom stereocenters. The third-order valence-corrected chi connectivity index (χ3v) is 3.43. The molecule has 24 heavy (non-hydrogen) atoms. The normalized spacial score (nSPS) is 10.2. The van der Waals surface area contributed by atoms with Gasteiger partial charge in [-0.25, -0.2) is 0 Å². The highest BCUT2D eigenvalue weighted by Gasteiger charge is 2.11. The molecule has 0 radical (unpaired) electrons. The zero-order valence-electron chi connectivity index (χ0n) is 13.0. The first-order valence-corrected chi connectivity index (χ1v) is 7.34. The van der Waals surface area contributed by atoms with E-state index in [1.165, 1.54) is 6.07 Å². The van der Waals surface area contributed by atoms with Gasteiger partial charge in [-0.1, -0.05) is 28.9 Å². The number of aryl methyl sites for hydroxylation is 1. The van der Waals surface area contributed by atoms with Gasteiger partial charge >= 0.3 is 0 Å². The monoisotopic (exact) mass is 318 g/mol. The predicted octanol–water partition coefficient (Wildman–Crippen LogP) is 2.85. The van der Waals surface area contributed by atoms with Gasteiger partial charge in [0.1, 0.15) is 0 Å². The maximum absolute atomic E-state index is 12.1. The summed E-state index contributed by atoms with van der Waals surface area (Å²) in [6.07, 6.45) is 0. The highest BCUT2D eigenvalue weighted by atomic mass is 16.5. The molecular formula is C18H14N4O2. The lowest BCUT2D eigenvalue weighted by Gasteiger charge is -2.02. The van der Waals surface area contributed by atoms with E-state index >= 15 is 0 Å². The van der Waals surface area contributed by atoms with Gasteiger partial charge < -0.3 is 9.84 Å². The van der Waals surface area contributed by atoms with Crippen molar-refractivity contribution in [1.29, 1.82) is 5.26 Å². The molecule has 3 aromatic rings. The molecular weight excluding hydrogens is 304 g/mol. The van der Waals surface area contributed by atoms with Gasteiger partial charge in [-0.05, 0) is 37.3 Å². The highest BCUT2D eigenvalue weighted by molar-refractivity contribution is 5.94.